The largest absolute Gasteiger partial charge is 0.366 e. The Labute approximate surface area is 153 Å². The molecule has 0 unspecified atom stereocenters. The Hall–Kier alpha value is -2.47. The van der Waals surface area contributed by atoms with Crippen LogP contribution >= 0.6 is 0 Å². The van der Waals surface area contributed by atoms with Gasteiger partial charge in [0, 0.05) is 30.0 Å². The zero-order chi connectivity index (χ0) is 18.1. The first-order valence-electron chi connectivity index (χ1n) is 9.45. The molecule has 0 aliphatic heterocycles. The maximum absolute atomic E-state index is 6.00. The van der Waals surface area contributed by atoms with Crippen molar-refractivity contribution in [3.8, 4) is 11.3 Å². The van der Waals surface area contributed by atoms with Gasteiger partial charge in [-0.3, -0.25) is 9.97 Å². The minimum atomic E-state index is 0.351. The van der Waals surface area contributed by atoms with Crippen LogP contribution in [-0.2, 0) is 6.42 Å². The number of hydrogen-bond donors (Lipinski definition) is 2. The Morgan fingerprint density at radius 3 is 2.73 bits per heavy atom. The van der Waals surface area contributed by atoms with E-state index in [0.717, 1.165) is 66.1 Å². The molecule has 0 amide bonds. The lowest BCUT2D eigenvalue weighted by molar-refractivity contribution is 0.410. The van der Waals surface area contributed by atoms with Crippen molar-refractivity contribution in [3.05, 3.63) is 42.2 Å². The molecular formula is C20H26N6. The second-order valence-corrected chi connectivity index (χ2v) is 7.25. The number of nitrogens with two attached hydrogens (primary N) is 1. The van der Waals surface area contributed by atoms with Crippen LogP contribution in [0.15, 0.2) is 30.9 Å². The summed E-state index contributed by atoms with van der Waals surface area (Å²) in [6.45, 7) is 4.16. The van der Waals surface area contributed by atoms with Gasteiger partial charge < -0.3 is 15.5 Å². The van der Waals surface area contributed by atoms with Gasteiger partial charge >= 0.3 is 0 Å². The lowest BCUT2D eigenvalue weighted by Crippen LogP contribution is -2.33. The highest BCUT2D eigenvalue weighted by Gasteiger charge is 2.19. The number of nitrogens with zero attached hydrogens (tertiary/aromatic N) is 4. The van der Waals surface area contributed by atoms with Gasteiger partial charge in [0.05, 0.1) is 35.0 Å². The molecule has 26 heavy (non-hydrogen) atoms. The van der Waals surface area contributed by atoms with E-state index in [0.29, 0.717) is 12.1 Å². The Morgan fingerprint density at radius 2 is 1.96 bits per heavy atom. The topological polar surface area (TPSA) is 81.1 Å². The molecule has 4 rings (SSSR count). The van der Waals surface area contributed by atoms with Gasteiger partial charge in [-0.25, -0.2) is 4.98 Å². The maximum Gasteiger partial charge on any atom is 0.145 e. The van der Waals surface area contributed by atoms with Crippen molar-refractivity contribution in [2.45, 2.75) is 58.0 Å². The van der Waals surface area contributed by atoms with Crippen molar-refractivity contribution < 1.29 is 0 Å². The monoisotopic (exact) mass is 350 g/mol. The van der Waals surface area contributed by atoms with Gasteiger partial charge in [-0.15, -0.1) is 0 Å². The fraction of sp³-hybridized carbons (Fsp3) is 0.450. The summed E-state index contributed by atoms with van der Waals surface area (Å²) in [6.07, 6.45) is 13.0. The van der Waals surface area contributed by atoms with Crippen LogP contribution in [-0.4, -0.2) is 31.4 Å². The maximum atomic E-state index is 6.00. The summed E-state index contributed by atoms with van der Waals surface area (Å²) < 4.78 is 2.14. The van der Waals surface area contributed by atoms with Crippen LogP contribution in [0.2, 0.25) is 0 Å². The van der Waals surface area contributed by atoms with Gasteiger partial charge in [-0.2, -0.15) is 0 Å². The number of nitrogens with one attached hydrogen (secondary N) is 1. The van der Waals surface area contributed by atoms with Crippen LogP contribution < -0.4 is 11.1 Å². The second kappa shape index (κ2) is 7.03. The van der Waals surface area contributed by atoms with Gasteiger partial charge in [0.15, 0.2) is 0 Å². The van der Waals surface area contributed by atoms with E-state index in [2.05, 4.69) is 45.1 Å². The van der Waals surface area contributed by atoms with Crippen LogP contribution in [0, 0.1) is 6.92 Å². The summed E-state index contributed by atoms with van der Waals surface area (Å²) >= 11 is 0. The molecule has 0 radical (unpaired) electrons. The van der Waals surface area contributed by atoms with E-state index < -0.39 is 0 Å². The summed E-state index contributed by atoms with van der Waals surface area (Å²) in [6, 6.07) is 2.94. The van der Waals surface area contributed by atoms with E-state index >= 15 is 0 Å². The first-order valence-corrected chi connectivity index (χ1v) is 9.45. The van der Waals surface area contributed by atoms with E-state index in [1.54, 1.807) is 6.20 Å². The summed E-state index contributed by atoms with van der Waals surface area (Å²) in [5.41, 5.74) is 11.2. The normalized spacial score (nSPS) is 20.4. The summed E-state index contributed by atoms with van der Waals surface area (Å²) in [5.74, 6) is 0.836. The molecule has 6 heteroatoms. The Balaban J connectivity index is 1.61. The number of anilines is 1. The van der Waals surface area contributed by atoms with E-state index in [9.17, 15) is 0 Å². The molecular weight excluding hydrogens is 324 g/mol. The number of hydrogen-bond acceptors (Lipinski definition) is 5. The quantitative estimate of drug-likeness (QED) is 0.754. The van der Waals surface area contributed by atoms with E-state index in [1.807, 2.05) is 13.1 Å². The van der Waals surface area contributed by atoms with E-state index in [1.165, 1.54) is 0 Å². The number of aryl methyl sites for hydroxylation is 2. The van der Waals surface area contributed by atoms with Gasteiger partial charge in [-0.1, -0.05) is 6.92 Å². The molecule has 0 atom stereocenters. The molecule has 1 saturated carbocycles. The lowest BCUT2D eigenvalue weighted by atomic mass is 9.92. The number of rotatable bonds is 4. The van der Waals surface area contributed by atoms with Crippen molar-refractivity contribution in [1.82, 2.24) is 19.4 Å². The Morgan fingerprint density at radius 1 is 1.15 bits per heavy atom. The predicted molar refractivity (Wildman–Crippen MR) is 104 cm³/mol. The predicted octanol–water partition coefficient (Wildman–Crippen LogP) is 3.34. The van der Waals surface area contributed by atoms with Crippen LogP contribution in [0.5, 0.6) is 0 Å². The molecule has 3 aromatic heterocycles. The molecule has 3 N–H and O–H groups in total. The molecule has 1 aliphatic rings. The molecule has 1 aliphatic carbocycles. The average molecular weight is 350 g/mol. The third-order valence-corrected chi connectivity index (χ3v) is 5.17. The van der Waals surface area contributed by atoms with Crippen LogP contribution in [0.1, 0.15) is 44.0 Å². The molecule has 1 fully saturated rings. The average Bonchev–Trinajstić information content (AvgIpc) is 3.07. The van der Waals surface area contributed by atoms with Crippen molar-refractivity contribution in [2.75, 3.05) is 5.32 Å². The molecule has 3 aromatic rings. The standard InChI is InChI=1S/C20H26N6/c1-3-17-19-8-14(12-26(19)11-13(2)23-17)18-9-22-10-20(25-18)24-16-6-4-15(21)5-7-16/h8-12,15-16H,3-7,21H2,1-2H3,(H,24,25). The molecule has 0 bridgehead atoms. The number of fused-ring (bicyclic) bond motifs is 1. The zero-order valence-corrected chi connectivity index (χ0v) is 15.4. The fourth-order valence-corrected chi connectivity index (χ4v) is 3.77. The first kappa shape index (κ1) is 17.0. The van der Waals surface area contributed by atoms with E-state index in [4.69, 9.17) is 10.7 Å². The van der Waals surface area contributed by atoms with Crippen molar-refractivity contribution in [2.24, 2.45) is 5.73 Å². The summed E-state index contributed by atoms with van der Waals surface area (Å²) in [4.78, 5) is 13.8. The Bertz CT molecular complexity index is 908. The molecule has 0 spiro atoms. The van der Waals surface area contributed by atoms with Gasteiger partial charge in [0.25, 0.3) is 0 Å². The smallest absolute Gasteiger partial charge is 0.145 e. The molecule has 0 saturated heterocycles. The molecule has 136 valence electrons. The van der Waals surface area contributed by atoms with Crippen LogP contribution in [0.4, 0.5) is 5.82 Å². The van der Waals surface area contributed by atoms with E-state index in [-0.39, 0.29) is 0 Å². The Kier molecular flexibility index (Phi) is 4.59. The van der Waals surface area contributed by atoms with Gasteiger partial charge in [0.1, 0.15) is 5.82 Å². The van der Waals surface area contributed by atoms with Crippen molar-refractivity contribution >= 4 is 11.3 Å². The second-order valence-electron chi connectivity index (χ2n) is 7.25. The molecule has 0 aromatic carbocycles. The highest BCUT2D eigenvalue weighted by Crippen LogP contribution is 2.25. The van der Waals surface area contributed by atoms with Gasteiger partial charge in [-0.05, 0) is 45.1 Å². The van der Waals surface area contributed by atoms with Crippen molar-refractivity contribution in [1.29, 1.82) is 0 Å². The highest BCUT2D eigenvalue weighted by atomic mass is 15.0. The zero-order valence-electron chi connectivity index (χ0n) is 15.4. The highest BCUT2D eigenvalue weighted by molar-refractivity contribution is 5.69. The van der Waals surface area contributed by atoms with Crippen LogP contribution in [0.3, 0.4) is 0 Å². The SMILES string of the molecule is CCc1nc(C)cn2cc(-c3cncc(NC4CCC(N)CC4)n3)cc12. The third kappa shape index (κ3) is 3.42. The summed E-state index contributed by atoms with van der Waals surface area (Å²) in [7, 11) is 0. The lowest BCUT2D eigenvalue weighted by Gasteiger charge is -2.27. The first-order chi connectivity index (χ1) is 12.6. The number of aromatic nitrogens is 4. The van der Waals surface area contributed by atoms with Crippen molar-refractivity contribution in [3.63, 3.8) is 0 Å². The fourth-order valence-electron chi connectivity index (χ4n) is 3.77. The minimum absolute atomic E-state index is 0.351. The minimum Gasteiger partial charge on any atom is -0.366 e. The summed E-state index contributed by atoms with van der Waals surface area (Å²) in [5, 5.41) is 3.53. The molecule has 3 heterocycles. The van der Waals surface area contributed by atoms with Crippen LogP contribution in [0.25, 0.3) is 16.8 Å². The third-order valence-electron chi connectivity index (χ3n) is 5.17. The molecule has 6 nitrogen and oxygen atoms in total. The van der Waals surface area contributed by atoms with Gasteiger partial charge in [0.2, 0.25) is 0 Å².